The van der Waals surface area contributed by atoms with Crippen molar-refractivity contribution >= 4 is 11.6 Å². The topological polar surface area (TPSA) is 59.6 Å². The Balaban J connectivity index is 1.44. The molecule has 108 valence electrons. The van der Waals surface area contributed by atoms with Crippen molar-refractivity contribution in [2.24, 2.45) is 0 Å². The van der Waals surface area contributed by atoms with Crippen LogP contribution in [0.25, 0.3) is 0 Å². The van der Waals surface area contributed by atoms with E-state index in [2.05, 4.69) is 10.6 Å². The van der Waals surface area contributed by atoms with Crippen molar-refractivity contribution in [3.8, 4) is 11.5 Å². The minimum absolute atomic E-state index is 0.0226. The summed E-state index contributed by atoms with van der Waals surface area (Å²) in [6, 6.07) is 6.04. The molecule has 2 N–H and O–H groups in total. The van der Waals surface area contributed by atoms with Gasteiger partial charge >= 0.3 is 0 Å². The van der Waals surface area contributed by atoms with Crippen molar-refractivity contribution in [2.75, 3.05) is 18.7 Å². The first-order valence-corrected chi connectivity index (χ1v) is 7.24. The maximum atomic E-state index is 11.9. The molecule has 0 spiro atoms. The summed E-state index contributed by atoms with van der Waals surface area (Å²) in [6.45, 7) is 0.985. The first-order valence-electron chi connectivity index (χ1n) is 7.24. The van der Waals surface area contributed by atoms with E-state index >= 15 is 0 Å². The number of carbonyl (C=O) groups excluding carboxylic acids is 1. The Morgan fingerprint density at radius 3 is 2.85 bits per heavy atom. The molecule has 20 heavy (non-hydrogen) atoms. The zero-order valence-electron chi connectivity index (χ0n) is 11.5. The lowest BCUT2D eigenvalue weighted by Crippen LogP contribution is -2.29. The summed E-state index contributed by atoms with van der Waals surface area (Å²) in [6.07, 6.45) is 5.58. The molecule has 3 rings (SSSR count). The lowest BCUT2D eigenvalue weighted by molar-refractivity contribution is -0.116. The molecule has 0 radical (unpaired) electrons. The molecule has 1 aliphatic heterocycles. The molecule has 0 bridgehead atoms. The largest absolute Gasteiger partial charge is 0.454 e. The Morgan fingerprint density at radius 1 is 1.20 bits per heavy atom. The molecule has 5 nitrogen and oxygen atoms in total. The van der Waals surface area contributed by atoms with Crippen molar-refractivity contribution in [1.29, 1.82) is 0 Å². The number of carbonyl (C=O) groups is 1. The van der Waals surface area contributed by atoms with Crippen molar-refractivity contribution in [3.05, 3.63) is 18.2 Å². The fourth-order valence-corrected chi connectivity index (χ4v) is 2.72. The molecule has 1 aromatic carbocycles. The van der Waals surface area contributed by atoms with Crippen LogP contribution >= 0.6 is 0 Å². The van der Waals surface area contributed by atoms with E-state index in [-0.39, 0.29) is 12.7 Å². The number of anilines is 1. The van der Waals surface area contributed by atoms with E-state index in [4.69, 9.17) is 9.47 Å². The first kappa shape index (κ1) is 13.2. The van der Waals surface area contributed by atoms with E-state index in [0.29, 0.717) is 18.2 Å². The molecule has 1 aliphatic carbocycles. The van der Waals surface area contributed by atoms with Gasteiger partial charge in [-0.25, -0.2) is 0 Å². The highest BCUT2D eigenvalue weighted by Gasteiger charge is 2.15. The molecule has 1 fully saturated rings. The quantitative estimate of drug-likeness (QED) is 0.866. The predicted molar refractivity (Wildman–Crippen MR) is 76.1 cm³/mol. The minimum atomic E-state index is 0.0226. The average molecular weight is 276 g/mol. The van der Waals surface area contributed by atoms with Gasteiger partial charge in [0, 0.05) is 30.8 Å². The molecule has 0 saturated heterocycles. The number of ether oxygens (including phenoxy) is 2. The third-order valence-corrected chi connectivity index (χ3v) is 3.80. The number of hydrogen-bond acceptors (Lipinski definition) is 4. The van der Waals surface area contributed by atoms with Gasteiger partial charge < -0.3 is 20.1 Å². The van der Waals surface area contributed by atoms with Crippen LogP contribution in [0.3, 0.4) is 0 Å². The molecule has 1 heterocycles. The van der Waals surface area contributed by atoms with Gasteiger partial charge in [-0.05, 0) is 25.0 Å². The van der Waals surface area contributed by atoms with E-state index in [9.17, 15) is 4.79 Å². The first-order chi connectivity index (χ1) is 9.81. The lowest BCUT2D eigenvalue weighted by Gasteiger charge is -2.11. The number of benzene rings is 1. The van der Waals surface area contributed by atoms with Gasteiger partial charge in [0.2, 0.25) is 12.7 Å². The second-order valence-corrected chi connectivity index (χ2v) is 5.30. The molecule has 1 saturated carbocycles. The summed E-state index contributed by atoms with van der Waals surface area (Å²) in [4.78, 5) is 11.9. The van der Waals surface area contributed by atoms with E-state index in [1.165, 1.54) is 25.7 Å². The van der Waals surface area contributed by atoms with Gasteiger partial charge in [0.05, 0.1) is 0 Å². The molecule has 0 aromatic heterocycles. The molecule has 0 atom stereocenters. The summed E-state index contributed by atoms with van der Waals surface area (Å²) in [7, 11) is 0. The summed E-state index contributed by atoms with van der Waals surface area (Å²) in [5.74, 6) is 1.44. The third kappa shape index (κ3) is 3.22. The van der Waals surface area contributed by atoms with Gasteiger partial charge in [0.1, 0.15) is 0 Å². The minimum Gasteiger partial charge on any atom is -0.454 e. The predicted octanol–water partition coefficient (Wildman–Crippen LogP) is 2.28. The molecule has 0 unspecified atom stereocenters. The van der Waals surface area contributed by atoms with Crippen LogP contribution in [0.4, 0.5) is 5.69 Å². The number of fused-ring (bicyclic) bond motifs is 1. The highest BCUT2D eigenvalue weighted by Crippen LogP contribution is 2.34. The van der Waals surface area contributed by atoms with Gasteiger partial charge in [-0.3, -0.25) is 4.79 Å². The number of rotatable bonds is 5. The van der Waals surface area contributed by atoms with Crippen LogP contribution in [0.2, 0.25) is 0 Å². The van der Waals surface area contributed by atoms with Gasteiger partial charge in [-0.1, -0.05) is 12.8 Å². The molecular formula is C15H20N2O3. The lowest BCUT2D eigenvalue weighted by atomic mass is 10.2. The van der Waals surface area contributed by atoms with Crippen LogP contribution < -0.4 is 20.1 Å². The normalized spacial score (nSPS) is 17.4. The van der Waals surface area contributed by atoms with Crippen LogP contribution in [-0.4, -0.2) is 25.3 Å². The number of nitrogens with one attached hydrogen (secondary N) is 2. The maximum absolute atomic E-state index is 11.9. The summed E-state index contributed by atoms with van der Waals surface area (Å²) in [5.41, 5.74) is 0.750. The van der Waals surface area contributed by atoms with Crippen LogP contribution in [0.15, 0.2) is 18.2 Å². The van der Waals surface area contributed by atoms with Gasteiger partial charge in [0.25, 0.3) is 0 Å². The summed E-state index contributed by atoms with van der Waals surface area (Å²) >= 11 is 0. The average Bonchev–Trinajstić information content (AvgIpc) is 3.08. The van der Waals surface area contributed by atoms with Crippen molar-refractivity contribution < 1.29 is 14.3 Å². The Bertz CT molecular complexity index is 484. The van der Waals surface area contributed by atoms with Crippen molar-refractivity contribution in [3.63, 3.8) is 0 Å². The molecule has 5 heteroatoms. The van der Waals surface area contributed by atoms with Gasteiger partial charge in [0.15, 0.2) is 11.5 Å². The fourth-order valence-electron chi connectivity index (χ4n) is 2.72. The number of hydrogen-bond donors (Lipinski definition) is 2. The maximum Gasteiger partial charge on any atom is 0.231 e. The third-order valence-electron chi connectivity index (χ3n) is 3.80. The monoisotopic (exact) mass is 276 g/mol. The smallest absolute Gasteiger partial charge is 0.231 e. The van der Waals surface area contributed by atoms with Crippen molar-refractivity contribution in [1.82, 2.24) is 5.32 Å². The second kappa shape index (κ2) is 6.13. The highest BCUT2D eigenvalue weighted by molar-refractivity contribution is 5.91. The van der Waals surface area contributed by atoms with Crippen LogP contribution in [0.1, 0.15) is 32.1 Å². The summed E-state index contributed by atoms with van der Waals surface area (Å²) in [5, 5.41) is 6.32. The Morgan fingerprint density at radius 2 is 2.00 bits per heavy atom. The Hall–Kier alpha value is -1.75. The van der Waals surface area contributed by atoms with E-state index in [1.54, 1.807) is 6.07 Å². The van der Waals surface area contributed by atoms with Crippen molar-refractivity contribution in [2.45, 2.75) is 38.1 Å². The molecule has 1 aromatic rings. The summed E-state index contributed by atoms with van der Waals surface area (Å²) < 4.78 is 10.5. The van der Waals surface area contributed by atoms with Gasteiger partial charge in [-0.2, -0.15) is 0 Å². The van der Waals surface area contributed by atoms with E-state index in [1.807, 2.05) is 12.1 Å². The number of amides is 1. The zero-order chi connectivity index (χ0) is 13.8. The van der Waals surface area contributed by atoms with Crippen LogP contribution in [0.5, 0.6) is 11.5 Å². The molecule has 2 aliphatic rings. The highest BCUT2D eigenvalue weighted by atomic mass is 16.7. The van der Waals surface area contributed by atoms with Crippen LogP contribution in [0, 0.1) is 0 Å². The zero-order valence-corrected chi connectivity index (χ0v) is 11.5. The molecule has 1 amide bonds. The Labute approximate surface area is 118 Å². The van der Waals surface area contributed by atoms with Crippen LogP contribution in [-0.2, 0) is 4.79 Å². The molecular weight excluding hydrogens is 256 g/mol. The van der Waals surface area contributed by atoms with E-state index < -0.39 is 0 Å². The van der Waals surface area contributed by atoms with Gasteiger partial charge in [-0.15, -0.1) is 0 Å². The standard InChI is InChI=1S/C15H20N2O3/c18-15(7-8-16-11-3-1-2-4-11)17-12-5-6-13-14(9-12)20-10-19-13/h5-6,9,11,16H,1-4,7-8,10H2,(H,17,18). The fraction of sp³-hybridized carbons (Fsp3) is 0.533. The SMILES string of the molecule is O=C(CCNC1CCCC1)Nc1ccc2c(c1)OCO2. The second-order valence-electron chi connectivity index (χ2n) is 5.30. The Kier molecular flexibility index (Phi) is 4.06. The van der Waals surface area contributed by atoms with E-state index in [0.717, 1.165) is 18.0 Å².